The molecule has 0 aromatic heterocycles. The van der Waals surface area contributed by atoms with Gasteiger partial charge in [-0.1, -0.05) is 69.5 Å². The molecule has 20 heavy (non-hydrogen) atoms. The fourth-order valence-corrected chi connectivity index (χ4v) is 3.02. The van der Waals surface area contributed by atoms with Gasteiger partial charge in [-0.2, -0.15) is 0 Å². The zero-order valence-corrected chi connectivity index (χ0v) is 14.3. The van der Waals surface area contributed by atoms with Gasteiger partial charge in [-0.3, -0.25) is 0 Å². The number of likely N-dealkylation sites (N-methyl/N-ethyl adjacent to an activating group) is 1. The summed E-state index contributed by atoms with van der Waals surface area (Å²) in [6.07, 6.45) is 1.78. The number of rotatable bonds is 5. The lowest BCUT2D eigenvalue weighted by molar-refractivity contribution is 0.555. The highest BCUT2D eigenvalue weighted by atomic mass is 79.9. The van der Waals surface area contributed by atoms with Gasteiger partial charge in [0.25, 0.3) is 0 Å². The molecule has 0 aliphatic heterocycles. The average molecular weight is 373 g/mol. The maximum absolute atomic E-state index is 6.26. The Hall–Kier alpha value is -0.540. The van der Waals surface area contributed by atoms with Crippen molar-refractivity contribution in [3.63, 3.8) is 0 Å². The van der Waals surface area contributed by atoms with Gasteiger partial charge >= 0.3 is 0 Å². The molecule has 0 aliphatic carbocycles. The van der Waals surface area contributed by atoms with Gasteiger partial charge in [-0.15, -0.1) is 0 Å². The Morgan fingerprint density at radius 3 is 2.35 bits per heavy atom. The molecular weight excluding hydrogens is 357 g/mol. The molecule has 1 atom stereocenters. The Morgan fingerprint density at radius 2 is 1.65 bits per heavy atom. The number of halogens is 3. The van der Waals surface area contributed by atoms with E-state index in [1.807, 2.05) is 31.3 Å². The van der Waals surface area contributed by atoms with E-state index >= 15 is 0 Å². The zero-order chi connectivity index (χ0) is 14.5. The fraction of sp³-hybridized carbons (Fsp3) is 0.250. The van der Waals surface area contributed by atoms with E-state index in [1.54, 1.807) is 0 Å². The van der Waals surface area contributed by atoms with Crippen molar-refractivity contribution in [2.24, 2.45) is 0 Å². The summed E-state index contributed by atoms with van der Waals surface area (Å²) in [6.45, 7) is 0. The lowest BCUT2D eigenvalue weighted by Gasteiger charge is -2.18. The minimum atomic E-state index is 0.310. The van der Waals surface area contributed by atoms with E-state index in [2.05, 4.69) is 39.4 Å². The molecule has 2 rings (SSSR count). The highest BCUT2D eigenvalue weighted by Gasteiger charge is 2.13. The molecule has 0 radical (unpaired) electrons. The standard InChI is InChI=1S/C16H16BrCl2N/c1-20-13(9-11-5-2-3-7-14(11)17)10-12-6-4-8-15(18)16(12)19/h2-8,13,20H,9-10H2,1H3. The summed E-state index contributed by atoms with van der Waals surface area (Å²) in [4.78, 5) is 0. The fourth-order valence-electron chi connectivity index (χ4n) is 2.18. The maximum Gasteiger partial charge on any atom is 0.0624 e. The normalized spacial score (nSPS) is 12.4. The van der Waals surface area contributed by atoms with Gasteiger partial charge in [0.05, 0.1) is 10.0 Å². The highest BCUT2D eigenvalue weighted by molar-refractivity contribution is 9.10. The summed E-state index contributed by atoms with van der Waals surface area (Å²) in [7, 11) is 1.97. The molecule has 0 fully saturated rings. The first-order chi connectivity index (χ1) is 9.61. The smallest absolute Gasteiger partial charge is 0.0624 e. The second-order valence-corrected chi connectivity index (χ2v) is 6.34. The number of hydrogen-bond acceptors (Lipinski definition) is 1. The van der Waals surface area contributed by atoms with Crippen LogP contribution in [0.2, 0.25) is 10.0 Å². The first kappa shape index (κ1) is 15.8. The predicted molar refractivity (Wildman–Crippen MR) is 90.9 cm³/mol. The molecule has 1 nitrogen and oxygen atoms in total. The van der Waals surface area contributed by atoms with E-state index in [0.29, 0.717) is 16.1 Å². The molecule has 2 aromatic rings. The van der Waals surface area contributed by atoms with Crippen LogP contribution in [0.5, 0.6) is 0 Å². The van der Waals surface area contributed by atoms with Crippen molar-refractivity contribution in [1.29, 1.82) is 0 Å². The summed E-state index contributed by atoms with van der Waals surface area (Å²) in [5, 5.41) is 4.62. The zero-order valence-electron chi connectivity index (χ0n) is 11.2. The third-order valence-electron chi connectivity index (χ3n) is 3.33. The lowest BCUT2D eigenvalue weighted by Crippen LogP contribution is -2.30. The first-order valence-electron chi connectivity index (χ1n) is 6.45. The van der Waals surface area contributed by atoms with Crippen molar-refractivity contribution in [2.75, 3.05) is 7.05 Å². The SMILES string of the molecule is CNC(Cc1ccccc1Br)Cc1cccc(Cl)c1Cl. The maximum atomic E-state index is 6.26. The van der Waals surface area contributed by atoms with Gasteiger partial charge in [-0.25, -0.2) is 0 Å². The van der Waals surface area contributed by atoms with Gasteiger partial charge in [0.1, 0.15) is 0 Å². The minimum absolute atomic E-state index is 0.310. The molecular formula is C16H16BrCl2N. The molecule has 0 bridgehead atoms. The monoisotopic (exact) mass is 371 g/mol. The summed E-state index contributed by atoms with van der Waals surface area (Å²) < 4.78 is 1.14. The molecule has 0 spiro atoms. The molecule has 1 unspecified atom stereocenters. The van der Waals surface area contributed by atoms with E-state index < -0.39 is 0 Å². The number of hydrogen-bond donors (Lipinski definition) is 1. The quantitative estimate of drug-likeness (QED) is 0.767. The van der Waals surface area contributed by atoms with Crippen molar-refractivity contribution in [3.05, 3.63) is 68.1 Å². The van der Waals surface area contributed by atoms with Gasteiger partial charge in [0, 0.05) is 10.5 Å². The summed E-state index contributed by atoms with van der Waals surface area (Å²) in [5.41, 5.74) is 2.36. The molecule has 0 heterocycles. The van der Waals surface area contributed by atoms with Crippen LogP contribution in [0.1, 0.15) is 11.1 Å². The highest BCUT2D eigenvalue weighted by Crippen LogP contribution is 2.27. The van der Waals surface area contributed by atoms with Crippen molar-refractivity contribution in [1.82, 2.24) is 5.32 Å². The van der Waals surface area contributed by atoms with Crippen LogP contribution in [-0.2, 0) is 12.8 Å². The van der Waals surface area contributed by atoms with Crippen LogP contribution in [0, 0.1) is 0 Å². The Morgan fingerprint density at radius 1 is 1.00 bits per heavy atom. The molecule has 1 N–H and O–H groups in total. The van der Waals surface area contributed by atoms with Crippen molar-refractivity contribution >= 4 is 39.1 Å². The van der Waals surface area contributed by atoms with E-state index in [1.165, 1.54) is 5.56 Å². The number of nitrogens with one attached hydrogen (secondary N) is 1. The molecule has 0 aliphatic rings. The Labute approximate surface area is 138 Å². The number of benzene rings is 2. The van der Waals surface area contributed by atoms with Crippen LogP contribution in [0.4, 0.5) is 0 Å². The Kier molecular flexibility index (Phi) is 5.91. The van der Waals surface area contributed by atoms with Crippen molar-refractivity contribution < 1.29 is 0 Å². The predicted octanol–water partition coefficient (Wildman–Crippen LogP) is 5.13. The van der Waals surface area contributed by atoms with Crippen molar-refractivity contribution in [2.45, 2.75) is 18.9 Å². The topological polar surface area (TPSA) is 12.0 Å². The largest absolute Gasteiger partial charge is 0.316 e. The van der Waals surface area contributed by atoms with E-state index in [9.17, 15) is 0 Å². The molecule has 0 amide bonds. The summed E-state index contributed by atoms with van der Waals surface area (Å²) >= 11 is 15.9. The Bertz CT molecular complexity index is 586. The van der Waals surface area contributed by atoms with Crippen molar-refractivity contribution in [3.8, 4) is 0 Å². The van der Waals surface area contributed by atoms with Gasteiger partial charge in [-0.05, 0) is 43.1 Å². The minimum Gasteiger partial charge on any atom is -0.316 e. The molecule has 0 saturated heterocycles. The average Bonchev–Trinajstić information content (AvgIpc) is 2.45. The lowest BCUT2D eigenvalue weighted by atomic mass is 9.99. The van der Waals surface area contributed by atoms with E-state index in [0.717, 1.165) is 22.9 Å². The molecule has 2 aromatic carbocycles. The second kappa shape index (κ2) is 7.46. The third-order valence-corrected chi connectivity index (χ3v) is 4.96. The summed E-state index contributed by atoms with van der Waals surface area (Å²) in [6, 6.07) is 14.4. The van der Waals surface area contributed by atoms with Crippen LogP contribution in [-0.4, -0.2) is 13.1 Å². The second-order valence-electron chi connectivity index (χ2n) is 4.70. The van der Waals surface area contributed by atoms with Crippen LogP contribution in [0.25, 0.3) is 0 Å². The van der Waals surface area contributed by atoms with Crippen LogP contribution in [0.3, 0.4) is 0 Å². The summed E-state index contributed by atoms with van der Waals surface area (Å²) in [5.74, 6) is 0. The van der Waals surface area contributed by atoms with Crippen LogP contribution >= 0.6 is 39.1 Å². The van der Waals surface area contributed by atoms with E-state index in [-0.39, 0.29) is 0 Å². The van der Waals surface area contributed by atoms with Gasteiger partial charge < -0.3 is 5.32 Å². The van der Waals surface area contributed by atoms with Crippen LogP contribution in [0.15, 0.2) is 46.9 Å². The molecule has 0 saturated carbocycles. The van der Waals surface area contributed by atoms with E-state index in [4.69, 9.17) is 23.2 Å². The Balaban J connectivity index is 2.14. The van der Waals surface area contributed by atoms with Gasteiger partial charge in [0.15, 0.2) is 0 Å². The third kappa shape index (κ3) is 3.98. The van der Waals surface area contributed by atoms with Crippen LogP contribution < -0.4 is 5.32 Å². The van der Waals surface area contributed by atoms with Gasteiger partial charge in [0.2, 0.25) is 0 Å². The first-order valence-corrected chi connectivity index (χ1v) is 8.00. The molecule has 106 valence electrons. The molecule has 4 heteroatoms.